The molecule has 1 aromatic heterocycles. The molecule has 0 fully saturated rings. The molecule has 3 aromatic rings. The Morgan fingerprint density at radius 2 is 1.71 bits per heavy atom. The monoisotopic (exact) mass is 327 g/mol. The Hall–Kier alpha value is -3.02. The molecule has 0 spiro atoms. The van der Waals surface area contributed by atoms with Crippen LogP contribution in [0.15, 0.2) is 48.7 Å². The van der Waals surface area contributed by atoms with E-state index in [9.17, 15) is 13.6 Å². The highest BCUT2D eigenvalue weighted by molar-refractivity contribution is 6.05. The van der Waals surface area contributed by atoms with E-state index in [-0.39, 0.29) is 11.7 Å². The van der Waals surface area contributed by atoms with Crippen LogP contribution in [0.5, 0.6) is 0 Å². The van der Waals surface area contributed by atoms with Gasteiger partial charge in [0.2, 0.25) is 0 Å². The average Bonchev–Trinajstić information content (AvgIpc) is 2.93. The van der Waals surface area contributed by atoms with Crippen LogP contribution in [0.1, 0.15) is 21.6 Å². The Morgan fingerprint density at radius 3 is 2.42 bits per heavy atom. The van der Waals surface area contributed by atoms with Crippen molar-refractivity contribution in [2.75, 3.05) is 5.32 Å². The minimum absolute atomic E-state index is 0.344. The van der Waals surface area contributed by atoms with E-state index in [0.717, 1.165) is 5.56 Å². The number of nitrogens with zero attached hydrogens (tertiary/aromatic N) is 2. The van der Waals surface area contributed by atoms with Crippen molar-refractivity contribution in [2.45, 2.75) is 13.8 Å². The summed E-state index contributed by atoms with van der Waals surface area (Å²) in [6.07, 6.45) is 1.43. The molecule has 0 aliphatic heterocycles. The van der Waals surface area contributed by atoms with Crippen LogP contribution in [0.25, 0.3) is 5.69 Å². The van der Waals surface area contributed by atoms with Crippen LogP contribution in [0.4, 0.5) is 14.5 Å². The second kappa shape index (κ2) is 6.23. The highest BCUT2D eigenvalue weighted by Crippen LogP contribution is 2.19. The molecular formula is C18H15F2N3O. The van der Waals surface area contributed by atoms with E-state index in [0.29, 0.717) is 22.6 Å². The van der Waals surface area contributed by atoms with E-state index in [1.54, 1.807) is 36.7 Å². The molecule has 0 bridgehead atoms. The van der Waals surface area contributed by atoms with Gasteiger partial charge in [-0.05, 0) is 55.8 Å². The number of hydrogen-bond acceptors (Lipinski definition) is 2. The zero-order chi connectivity index (χ0) is 17.3. The fraction of sp³-hybridized carbons (Fsp3) is 0.111. The lowest BCUT2D eigenvalue weighted by Crippen LogP contribution is -2.14. The van der Waals surface area contributed by atoms with Crippen LogP contribution in [0, 0.1) is 25.5 Å². The number of carbonyl (C=O) groups excluding carboxylic acids is 1. The van der Waals surface area contributed by atoms with Crippen LogP contribution >= 0.6 is 0 Å². The van der Waals surface area contributed by atoms with Gasteiger partial charge < -0.3 is 5.32 Å². The lowest BCUT2D eigenvalue weighted by Gasteiger charge is -2.09. The lowest BCUT2D eigenvalue weighted by molar-refractivity contribution is 0.102. The number of anilines is 1. The third kappa shape index (κ3) is 3.03. The highest BCUT2D eigenvalue weighted by Gasteiger charge is 2.16. The molecule has 1 amide bonds. The Bertz CT molecular complexity index is 901. The van der Waals surface area contributed by atoms with E-state index in [4.69, 9.17) is 0 Å². The van der Waals surface area contributed by atoms with Crippen molar-refractivity contribution in [2.24, 2.45) is 0 Å². The second-order valence-corrected chi connectivity index (χ2v) is 5.45. The van der Waals surface area contributed by atoms with Gasteiger partial charge in [-0.25, -0.2) is 13.5 Å². The fourth-order valence-electron chi connectivity index (χ4n) is 2.39. The molecule has 1 heterocycles. The number of rotatable bonds is 3. The predicted molar refractivity (Wildman–Crippen MR) is 87.3 cm³/mol. The van der Waals surface area contributed by atoms with Gasteiger partial charge in [0, 0.05) is 5.69 Å². The number of hydrogen-bond donors (Lipinski definition) is 1. The molecule has 122 valence electrons. The van der Waals surface area contributed by atoms with Gasteiger partial charge in [-0.3, -0.25) is 4.79 Å². The molecule has 24 heavy (non-hydrogen) atoms. The number of aromatic nitrogens is 2. The Labute approximate surface area is 137 Å². The standard InChI is InChI=1S/C18H15F2N3O/c1-11-3-4-14(20)9-17(11)22-18(24)16-10-21-23(12(16)2)15-7-5-13(19)6-8-15/h3-10H,1-2H3,(H,22,24). The molecule has 0 saturated carbocycles. The van der Waals surface area contributed by atoms with E-state index in [1.165, 1.54) is 30.5 Å². The Kier molecular flexibility index (Phi) is 4.12. The summed E-state index contributed by atoms with van der Waals surface area (Å²) in [7, 11) is 0. The number of aryl methyl sites for hydroxylation is 1. The maximum Gasteiger partial charge on any atom is 0.259 e. The summed E-state index contributed by atoms with van der Waals surface area (Å²) in [5.41, 5.74) is 2.79. The number of nitrogens with one attached hydrogen (secondary N) is 1. The molecule has 0 atom stereocenters. The highest BCUT2D eigenvalue weighted by atomic mass is 19.1. The summed E-state index contributed by atoms with van der Waals surface area (Å²) in [5, 5.41) is 6.87. The number of benzene rings is 2. The van der Waals surface area contributed by atoms with E-state index < -0.39 is 5.82 Å². The second-order valence-electron chi connectivity index (χ2n) is 5.45. The molecule has 0 saturated heterocycles. The van der Waals surface area contributed by atoms with Gasteiger partial charge in [0.25, 0.3) is 5.91 Å². The number of halogens is 2. The number of carbonyl (C=O) groups is 1. The van der Waals surface area contributed by atoms with Crippen molar-refractivity contribution in [3.63, 3.8) is 0 Å². The fourth-order valence-corrected chi connectivity index (χ4v) is 2.39. The average molecular weight is 327 g/mol. The molecule has 0 radical (unpaired) electrons. The van der Waals surface area contributed by atoms with Gasteiger partial charge in [0.15, 0.2) is 0 Å². The molecule has 2 aromatic carbocycles. The predicted octanol–water partition coefficient (Wildman–Crippen LogP) is 4.02. The van der Waals surface area contributed by atoms with Crippen molar-refractivity contribution in [1.82, 2.24) is 9.78 Å². The van der Waals surface area contributed by atoms with Crippen molar-refractivity contribution in [3.8, 4) is 5.69 Å². The lowest BCUT2D eigenvalue weighted by atomic mass is 10.1. The molecule has 4 nitrogen and oxygen atoms in total. The largest absolute Gasteiger partial charge is 0.322 e. The summed E-state index contributed by atoms with van der Waals surface area (Å²) in [4.78, 5) is 12.5. The van der Waals surface area contributed by atoms with Crippen molar-refractivity contribution in [3.05, 3.63) is 77.1 Å². The van der Waals surface area contributed by atoms with Crippen molar-refractivity contribution < 1.29 is 13.6 Å². The first kappa shape index (κ1) is 15.9. The van der Waals surface area contributed by atoms with E-state index in [2.05, 4.69) is 10.4 Å². The molecule has 3 rings (SSSR count). The Morgan fingerprint density at radius 1 is 1.04 bits per heavy atom. The van der Waals surface area contributed by atoms with Crippen LogP contribution in [0.3, 0.4) is 0 Å². The normalized spacial score (nSPS) is 10.7. The minimum atomic E-state index is -0.422. The van der Waals surface area contributed by atoms with Gasteiger partial charge >= 0.3 is 0 Å². The van der Waals surface area contributed by atoms with Gasteiger partial charge in [-0.2, -0.15) is 5.10 Å². The summed E-state index contributed by atoms with van der Waals surface area (Å²) >= 11 is 0. The molecule has 6 heteroatoms. The van der Waals surface area contributed by atoms with Gasteiger partial charge in [-0.1, -0.05) is 6.07 Å². The zero-order valence-electron chi connectivity index (χ0n) is 13.2. The Balaban J connectivity index is 1.89. The summed E-state index contributed by atoms with van der Waals surface area (Å²) in [5.74, 6) is -1.15. The minimum Gasteiger partial charge on any atom is -0.322 e. The van der Waals surface area contributed by atoms with Crippen LogP contribution in [-0.2, 0) is 0 Å². The van der Waals surface area contributed by atoms with Crippen molar-refractivity contribution in [1.29, 1.82) is 0 Å². The maximum atomic E-state index is 13.3. The zero-order valence-corrected chi connectivity index (χ0v) is 13.2. The number of amides is 1. The van der Waals surface area contributed by atoms with Crippen LogP contribution in [0.2, 0.25) is 0 Å². The summed E-state index contributed by atoms with van der Waals surface area (Å²) < 4.78 is 27.9. The maximum absolute atomic E-state index is 13.3. The van der Waals surface area contributed by atoms with E-state index >= 15 is 0 Å². The van der Waals surface area contributed by atoms with E-state index in [1.807, 2.05) is 0 Å². The molecule has 0 unspecified atom stereocenters. The first-order valence-corrected chi connectivity index (χ1v) is 7.34. The molecule has 0 aliphatic rings. The summed E-state index contributed by atoms with van der Waals surface area (Å²) in [6.45, 7) is 3.52. The van der Waals surface area contributed by atoms with Crippen molar-refractivity contribution >= 4 is 11.6 Å². The van der Waals surface area contributed by atoms with Crippen LogP contribution < -0.4 is 5.32 Å². The smallest absolute Gasteiger partial charge is 0.259 e. The third-order valence-corrected chi connectivity index (χ3v) is 3.77. The summed E-state index contributed by atoms with van der Waals surface area (Å²) in [6, 6.07) is 10.0. The van der Waals surface area contributed by atoms with Gasteiger partial charge in [0.1, 0.15) is 11.6 Å². The molecule has 0 aliphatic carbocycles. The quantitative estimate of drug-likeness (QED) is 0.790. The first-order chi connectivity index (χ1) is 11.5. The topological polar surface area (TPSA) is 46.9 Å². The molecule has 1 N–H and O–H groups in total. The SMILES string of the molecule is Cc1ccc(F)cc1NC(=O)c1cnn(-c2ccc(F)cc2)c1C. The van der Waals surface area contributed by atoms with Crippen LogP contribution in [-0.4, -0.2) is 15.7 Å². The third-order valence-electron chi connectivity index (χ3n) is 3.77. The first-order valence-electron chi connectivity index (χ1n) is 7.34. The molecular weight excluding hydrogens is 312 g/mol. The van der Waals surface area contributed by atoms with Gasteiger partial charge in [0.05, 0.1) is 23.1 Å². The van der Waals surface area contributed by atoms with Gasteiger partial charge in [-0.15, -0.1) is 0 Å².